The number of hydrogen-bond donors (Lipinski definition) is 0. The van der Waals surface area contributed by atoms with Crippen molar-refractivity contribution >= 4 is 33.4 Å². The molecule has 3 aromatic rings. The van der Waals surface area contributed by atoms with Crippen LogP contribution < -0.4 is 4.80 Å². The number of carbonyl (C=O) groups excluding carboxylic acids is 2. The Morgan fingerprint density at radius 2 is 2.00 bits per heavy atom. The molecule has 0 aliphatic heterocycles. The van der Waals surface area contributed by atoms with E-state index in [0.29, 0.717) is 23.5 Å². The Labute approximate surface area is 161 Å². The number of allylic oxidation sites excluding steroid dienone is 1. The van der Waals surface area contributed by atoms with E-state index >= 15 is 0 Å². The fourth-order valence-corrected chi connectivity index (χ4v) is 3.82. The van der Waals surface area contributed by atoms with Crippen molar-refractivity contribution in [3.05, 3.63) is 77.1 Å². The van der Waals surface area contributed by atoms with Gasteiger partial charge < -0.3 is 9.30 Å². The zero-order valence-electron chi connectivity index (χ0n) is 15.1. The van der Waals surface area contributed by atoms with Crippen LogP contribution in [-0.2, 0) is 22.5 Å². The summed E-state index contributed by atoms with van der Waals surface area (Å²) in [7, 11) is 0. The number of carbonyl (C=O) groups is 2. The van der Waals surface area contributed by atoms with Crippen LogP contribution in [0, 0.1) is 0 Å². The number of rotatable bonds is 6. The molecule has 27 heavy (non-hydrogen) atoms. The van der Waals surface area contributed by atoms with Gasteiger partial charge >= 0.3 is 5.97 Å². The Kier molecular flexibility index (Phi) is 5.98. The average Bonchev–Trinajstić information content (AvgIpc) is 2.99. The SMILES string of the molecule is C=CCn1c(=NC(=O)Cc2ccccc2)sc2cc(C(=O)OCC)ccc21. The lowest BCUT2D eigenvalue weighted by Gasteiger charge is -2.03. The second kappa shape index (κ2) is 8.60. The Morgan fingerprint density at radius 3 is 2.70 bits per heavy atom. The van der Waals surface area contributed by atoms with Gasteiger partial charge in [-0.2, -0.15) is 4.99 Å². The van der Waals surface area contributed by atoms with Crippen molar-refractivity contribution in [2.24, 2.45) is 4.99 Å². The van der Waals surface area contributed by atoms with E-state index in [-0.39, 0.29) is 18.3 Å². The maximum absolute atomic E-state index is 12.4. The Bertz CT molecular complexity index is 1050. The third kappa shape index (κ3) is 4.41. The van der Waals surface area contributed by atoms with Crippen LogP contribution in [0.2, 0.25) is 0 Å². The first-order valence-electron chi connectivity index (χ1n) is 8.65. The maximum Gasteiger partial charge on any atom is 0.338 e. The largest absolute Gasteiger partial charge is 0.462 e. The zero-order chi connectivity index (χ0) is 19.2. The first kappa shape index (κ1) is 18.8. The first-order chi connectivity index (χ1) is 13.1. The van der Waals surface area contributed by atoms with Crippen molar-refractivity contribution in [1.29, 1.82) is 0 Å². The van der Waals surface area contributed by atoms with E-state index in [9.17, 15) is 9.59 Å². The molecule has 0 unspecified atom stereocenters. The van der Waals surface area contributed by atoms with Gasteiger partial charge in [0.1, 0.15) is 0 Å². The molecule has 0 aliphatic carbocycles. The molecule has 0 N–H and O–H groups in total. The number of thiazole rings is 1. The molecule has 138 valence electrons. The summed E-state index contributed by atoms with van der Waals surface area (Å²) < 4.78 is 7.85. The second-order valence-electron chi connectivity index (χ2n) is 5.85. The van der Waals surface area contributed by atoms with Gasteiger partial charge in [-0.1, -0.05) is 47.7 Å². The second-order valence-corrected chi connectivity index (χ2v) is 6.86. The topological polar surface area (TPSA) is 60.7 Å². The molecule has 6 heteroatoms. The highest BCUT2D eigenvalue weighted by molar-refractivity contribution is 7.16. The Balaban J connectivity index is 2.00. The predicted octanol–water partition coefficient (Wildman–Crippen LogP) is 3.74. The summed E-state index contributed by atoms with van der Waals surface area (Å²) in [5, 5.41) is 0. The van der Waals surface area contributed by atoms with Gasteiger partial charge in [0.2, 0.25) is 0 Å². The summed E-state index contributed by atoms with van der Waals surface area (Å²) in [6.45, 7) is 6.41. The minimum Gasteiger partial charge on any atom is -0.462 e. The van der Waals surface area contributed by atoms with Crippen LogP contribution in [0.1, 0.15) is 22.8 Å². The molecule has 5 nitrogen and oxygen atoms in total. The Morgan fingerprint density at radius 1 is 1.22 bits per heavy atom. The van der Waals surface area contributed by atoms with E-state index in [1.54, 1.807) is 25.1 Å². The van der Waals surface area contributed by atoms with E-state index in [1.807, 2.05) is 41.0 Å². The summed E-state index contributed by atoms with van der Waals surface area (Å²) in [6.07, 6.45) is 2.00. The van der Waals surface area contributed by atoms with E-state index in [2.05, 4.69) is 11.6 Å². The third-order valence-electron chi connectivity index (χ3n) is 3.92. The molecule has 3 rings (SSSR count). The lowest BCUT2D eigenvalue weighted by Crippen LogP contribution is -2.16. The van der Waals surface area contributed by atoms with Gasteiger partial charge in [-0.05, 0) is 30.7 Å². The smallest absolute Gasteiger partial charge is 0.338 e. The lowest BCUT2D eigenvalue weighted by molar-refractivity contribution is -0.117. The molecule has 1 heterocycles. The van der Waals surface area contributed by atoms with Crippen LogP contribution in [0.4, 0.5) is 0 Å². The number of hydrogen-bond acceptors (Lipinski definition) is 4. The molecule has 0 bridgehead atoms. The molecule has 0 saturated heterocycles. The molecule has 0 saturated carbocycles. The number of ether oxygens (including phenoxy) is 1. The van der Waals surface area contributed by atoms with Crippen molar-refractivity contribution in [3.8, 4) is 0 Å². The van der Waals surface area contributed by atoms with Crippen LogP contribution in [0.25, 0.3) is 10.2 Å². The molecule has 0 aliphatic rings. The maximum atomic E-state index is 12.4. The minimum absolute atomic E-state index is 0.212. The fraction of sp³-hybridized carbons (Fsp3) is 0.190. The van der Waals surface area contributed by atoms with Crippen LogP contribution in [0.15, 0.2) is 66.2 Å². The molecule has 2 aromatic carbocycles. The lowest BCUT2D eigenvalue weighted by atomic mass is 10.1. The summed E-state index contributed by atoms with van der Waals surface area (Å²) in [4.78, 5) is 29.3. The number of nitrogens with zero attached hydrogens (tertiary/aromatic N) is 2. The number of esters is 1. The van der Waals surface area contributed by atoms with E-state index in [1.165, 1.54) is 11.3 Å². The van der Waals surface area contributed by atoms with Crippen molar-refractivity contribution < 1.29 is 14.3 Å². The van der Waals surface area contributed by atoms with Gasteiger partial charge in [-0.3, -0.25) is 4.79 Å². The van der Waals surface area contributed by atoms with Crippen LogP contribution in [0.3, 0.4) is 0 Å². The van der Waals surface area contributed by atoms with Crippen LogP contribution in [0.5, 0.6) is 0 Å². The number of benzene rings is 2. The number of fused-ring (bicyclic) bond motifs is 1. The van der Waals surface area contributed by atoms with E-state index in [0.717, 1.165) is 15.8 Å². The third-order valence-corrected chi connectivity index (χ3v) is 4.97. The standard InChI is InChI=1S/C21H20N2O3S/c1-3-12-23-17-11-10-16(20(25)26-4-2)14-18(17)27-21(23)22-19(24)13-15-8-6-5-7-9-15/h3,5-11,14H,1,4,12-13H2,2H3. The highest BCUT2D eigenvalue weighted by Gasteiger charge is 2.12. The molecule has 0 spiro atoms. The van der Waals surface area contributed by atoms with Crippen molar-refractivity contribution in [3.63, 3.8) is 0 Å². The van der Waals surface area contributed by atoms with Gasteiger partial charge in [0.15, 0.2) is 4.80 Å². The van der Waals surface area contributed by atoms with Crippen molar-refractivity contribution in [2.75, 3.05) is 6.61 Å². The van der Waals surface area contributed by atoms with Gasteiger partial charge in [0, 0.05) is 6.54 Å². The molecule has 0 atom stereocenters. The monoisotopic (exact) mass is 380 g/mol. The van der Waals surface area contributed by atoms with Gasteiger partial charge in [-0.15, -0.1) is 6.58 Å². The molecule has 1 aromatic heterocycles. The van der Waals surface area contributed by atoms with Gasteiger partial charge in [-0.25, -0.2) is 4.79 Å². The van der Waals surface area contributed by atoms with Gasteiger partial charge in [0.25, 0.3) is 5.91 Å². The molecular formula is C21H20N2O3S. The Hall–Kier alpha value is -2.99. The summed E-state index contributed by atoms with van der Waals surface area (Å²) in [5.41, 5.74) is 2.31. The quantitative estimate of drug-likeness (QED) is 0.483. The minimum atomic E-state index is -0.360. The highest BCUT2D eigenvalue weighted by atomic mass is 32.1. The summed E-state index contributed by atoms with van der Waals surface area (Å²) in [5.74, 6) is -0.571. The molecule has 0 radical (unpaired) electrons. The fourth-order valence-electron chi connectivity index (χ4n) is 2.72. The summed E-state index contributed by atoms with van der Waals surface area (Å²) in [6, 6.07) is 14.9. The number of aromatic nitrogens is 1. The summed E-state index contributed by atoms with van der Waals surface area (Å²) >= 11 is 1.37. The van der Waals surface area contributed by atoms with E-state index in [4.69, 9.17) is 4.74 Å². The number of amides is 1. The molecule has 0 fully saturated rings. The predicted molar refractivity (Wildman–Crippen MR) is 107 cm³/mol. The van der Waals surface area contributed by atoms with Crippen molar-refractivity contribution in [2.45, 2.75) is 19.9 Å². The van der Waals surface area contributed by atoms with Crippen molar-refractivity contribution in [1.82, 2.24) is 4.57 Å². The molecular weight excluding hydrogens is 360 g/mol. The van der Waals surface area contributed by atoms with Crippen LogP contribution in [-0.4, -0.2) is 23.1 Å². The van der Waals surface area contributed by atoms with E-state index < -0.39 is 0 Å². The highest BCUT2D eigenvalue weighted by Crippen LogP contribution is 2.20. The normalized spacial score (nSPS) is 11.5. The molecule has 1 amide bonds. The first-order valence-corrected chi connectivity index (χ1v) is 9.47. The average molecular weight is 380 g/mol. The van der Waals surface area contributed by atoms with Gasteiger partial charge in [0.05, 0.1) is 28.8 Å². The van der Waals surface area contributed by atoms with Crippen LogP contribution >= 0.6 is 11.3 Å². The zero-order valence-corrected chi connectivity index (χ0v) is 15.9.